The molecule has 0 aliphatic heterocycles. The molecule has 412 valence electrons. The molecule has 14 heteroatoms. The van der Waals surface area contributed by atoms with Crippen LogP contribution in [0.3, 0.4) is 0 Å². The first-order valence-corrected chi connectivity index (χ1v) is 26.4. The maximum Gasteiger partial charge on any atom is 0.343 e. The van der Waals surface area contributed by atoms with Gasteiger partial charge >= 0.3 is 29.8 Å². The summed E-state index contributed by atoms with van der Waals surface area (Å²) < 4.78 is 48.2. The van der Waals surface area contributed by atoms with Gasteiger partial charge in [-0.05, 0) is 166 Å². The van der Waals surface area contributed by atoms with Gasteiger partial charge in [0.1, 0.15) is 40.8 Å². The molecule has 5 aromatic rings. The highest BCUT2D eigenvalue weighted by atomic mass is 16.6. The smallest absolute Gasteiger partial charge is 0.343 e. The van der Waals surface area contributed by atoms with E-state index in [1.165, 1.54) is 55.2 Å². The minimum absolute atomic E-state index is 0.285. The minimum Gasteiger partial charge on any atom is -0.494 e. The summed E-state index contributed by atoms with van der Waals surface area (Å²) >= 11 is 0. The van der Waals surface area contributed by atoms with Crippen LogP contribution in [0.25, 0.3) is 6.08 Å². The average Bonchev–Trinajstić information content (AvgIpc) is 3.47. The van der Waals surface area contributed by atoms with Crippen LogP contribution in [0.15, 0.2) is 171 Å². The van der Waals surface area contributed by atoms with Gasteiger partial charge in [-0.25, -0.2) is 24.0 Å². The molecule has 0 fully saturated rings. The monoisotopic (exact) mass is 1060 g/mol. The van der Waals surface area contributed by atoms with Crippen LogP contribution in [-0.2, 0) is 35.0 Å². The van der Waals surface area contributed by atoms with Crippen LogP contribution in [0, 0.1) is 0 Å². The Bertz CT molecular complexity index is 2540. The van der Waals surface area contributed by atoms with Gasteiger partial charge in [0, 0.05) is 18.2 Å². The van der Waals surface area contributed by atoms with Gasteiger partial charge in [0.05, 0.1) is 50.8 Å². The number of ether oxygens (including phenoxy) is 9. The summed E-state index contributed by atoms with van der Waals surface area (Å²) in [6.45, 7) is 15.0. The molecule has 0 radical (unpaired) electrons. The molecule has 0 saturated heterocycles. The van der Waals surface area contributed by atoms with Crippen molar-refractivity contribution in [3.8, 4) is 34.5 Å². The van der Waals surface area contributed by atoms with E-state index in [0.29, 0.717) is 81.3 Å². The Hall–Kier alpha value is -8.61. The van der Waals surface area contributed by atoms with Crippen molar-refractivity contribution in [2.24, 2.45) is 0 Å². The zero-order valence-corrected chi connectivity index (χ0v) is 44.7. The van der Waals surface area contributed by atoms with Gasteiger partial charge in [-0.1, -0.05) is 88.8 Å². The van der Waals surface area contributed by atoms with Crippen LogP contribution >= 0.6 is 0 Å². The minimum atomic E-state index is -0.552. The first kappa shape index (κ1) is 61.9. The van der Waals surface area contributed by atoms with E-state index in [9.17, 15) is 24.0 Å². The van der Waals surface area contributed by atoms with Gasteiger partial charge in [0.2, 0.25) is 0 Å². The fourth-order valence-electron chi connectivity index (χ4n) is 6.90. The molecule has 0 aliphatic rings. The molecule has 0 amide bonds. The summed E-state index contributed by atoms with van der Waals surface area (Å²) in [7, 11) is 0. The van der Waals surface area contributed by atoms with E-state index < -0.39 is 23.9 Å². The molecule has 5 rings (SSSR count). The highest BCUT2D eigenvalue weighted by Crippen LogP contribution is 2.23. The maximum absolute atomic E-state index is 12.5. The molecular weight excluding hydrogens is 993 g/mol. The Labute approximate surface area is 458 Å². The third kappa shape index (κ3) is 26.7. The van der Waals surface area contributed by atoms with Crippen molar-refractivity contribution in [3.05, 3.63) is 194 Å². The number of carbonyl (C=O) groups excluding carboxylic acids is 5. The third-order valence-electron chi connectivity index (χ3n) is 11.2. The second kappa shape index (κ2) is 38.0. The summed E-state index contributed by atoms with van der Waals surface area (Å²) in [5.74, 6) is 1.05. The first-order valence-electron chi connectivity index (χ1n) is 26.4. The predicted octanol–water partition coefficient (Wildman–Crippen LogP) is 13.6. The number of esters is 5. The van der Waals surface area contributed by atoms with Crippen molar-refractivity contribution in [1.82, 2.24) is 0 Å². The van der Waals surface area contributed by atoms with E-state index in [4.69, 9.17) is 42.6 Å². The summed E-state index contributed by atoms with van der Waals surface area (Å²) in [6, 6.07) is 35.4. The van der Waals surface area contributed by atoms with Crippen LogP contribution in [0.4, 0.5) is 0 Å². The first-order chi connectivity index (χ1) is 38.1. The number of hydrogen-bond acceptors (Lipinski definition) is 14. The Morgan fingerprint density at radius 1 is 0.410 bits per heavy atom. The second-order valence-corrected chi connectivity index (χ2v) is 17.4. The summed E-state index contributed by atoms with van der Waals surface area (Å²) in [5, 5.41) is 0. The molecule has 0 saturated carbocycles. The predicted molar refractivity (Wildman–Crippen MR) is 300 cm³/mol. The van der Waals surface area contributed by atoms with Crippen molar-refractivity contribution in [2.45, 2.75) is 90.4 Å². The molecule has 78 heavy (non-hydrogen) atoms. The molecule has 0 bridgehead atoms. The second-order valence-electron chi connectivity index (χ2n) is 17.4. The van der Waals surface area contributed by atoms with Gasteiger partial charge < -0.3 is 42.6 Å². The van der Waals surface area contributed by atoms with Crippen LogP contribution in [0.2, 0.25) is 0 Å². The normalized spacial score (nSPS) is 10.2. The summed E-state index contributed by atoms with van der Waals surface area (Å²) in [4.78, 5) is 58.0. The van der Waals surface area contributed by atoms with Crippen molar-refractivity contribution < 1.29 is 66.6 Å². The van der Waals surface area contributed by atoms with E-state index in [2.05, 4.69) is 56.7 Å². The van der Waals surface area contributed by atoms with Crippen molar-refractivity contribution in [2.75, 3.05) is 39.6 Å². The SMILES string of the molecule is C=CC(=O)OCCCCCCCc1ccc(C=C=COc2ccc(OCCCCC)cc2)cc1.C=CC(=O)OCCCCOc1ccc(C(=O)Oc2ccc(OC(=O)c3ccc(OCCCCOC(=O)C=C)cc3)cc2)cc1. The van der Waals surface area contributed by atoms with Crippen molar-refractivity contribution in [1.29, 1.82) is 0 Å². The van der Waals surface area contributed by atoms with Gasteiger partial charge in [0.25, 0.3) is 0 Å². The maximum atomic E-state index is 12.5. The van der Waals surface area contributed by atoms with Crippen LogP contribution < -0.4 is 28.4 Å². The standard InChI is InChI=1S/C34H34O10.C30H38O4/c1-3-31(35)41-23-7-5-21-39-27-13-9-25(10-14-27)33(37)43-29-17-19-30(20-18-29)44-34(38)26-11-15-28(16-12-26)40-22-6-8-24-42-32(36)4-2;1-3-5-10-23-32-28-19-21-29(22-20-28)33-25-12-14-27-17-15-26(16-18-27)13-9-7-6-8-11-24-34-30(31)4-2/h3-4,9-20H,1-2,5-8,21-24H2;4,14-22,25H,2-3,5-11,13,23-24H2,1H3. The average molecular weight is 1070 g/mol. The quantitative estimate of drug-likeness (QED) is 0.00714. The highest BCUT2D eigenvalue weighted by molar-refractivity contribution is 5.92. The lowest BCUT2D eigenvalue weighted by atomic mass is 10.0. The number of benzene rings is 5. The Balaban J connectivity index is 0.000000348. The molecule has 0 heterocycles. The molecule has 0 N–H and O–H groups in total. The molecular formula is C64H72O14. The third-order valence-corrected chi connectivity index (χ3v) is 11.2. The summed E-state index contributed by atoms with van der Waals surface area (Å²) in [5.41, 5.74) is 6.19. The fraction of sp³-hybridized carbons (Fsp3) is 0.312. The molecule has 0 aromatic heterocycles. The number of unbranched alkanes of at least 4 members (excludes halogenated alkanes) is 8. The molecule has 0 unspecified atom stereocenters. The lowest BCUT2D eigenvalue weighted by Crippen LogP contribution is -2.10. The van der Waals surface area contributed by atoms with Crippen molar-refractivity contribution >= 4 is 35.9 Å². The number of hydrogen-bond donors (Lipinski definition) is 0. The molecule has 0 atom stereocenters. The van der Waals surface area contributed by atoms with Crippen LogP contribution in [0.5, 0.6) is 34.5 Å². The Kier molecular flexibility index (Phi) is 30.2. The molecule has 14 nitrogen and oxygen atoms in total. The zero-order valence-electron chi connectivity index (χ0n) is 44.7. The summed E-state index contributed by atoms with van der Waals surface area (Å²) in [6.07, 6.45) is 19.7. The van der Waals surface area contributed by atoms with E-state index in [-0.39, 0.29) is 17.5 Å². The lowest BCUT2D eigenvalue weighted by Gasteiger charge is -2.09. The Morgan fingerprint density at radius 3 is 1.21 bits per heavy atom. The lowest BCUT2D eigenvalue weighted by molar-refractivity contribution is -0.138. The number of aryl methyl sites for hydroxylation is 1. The largest absolute Gasteiger partial charge is 0.494 e. The number of rotatable bonds is 35. The molecule has 0 spiro atoms. The number of carbonyl (C=O) groups is 5. The van der Waals surface area contributed by atoms with Crippen LogP contribution in [0.1, 0.15) is 116 Å². The Morgan fingerprint density at radius 2 is 0.769 bits per heavy atom. The molecule has 5 aromatic carbocycles. The zero-order chi connectivity index (χ0) is 55.8. The molecule has 0 aliphatic carbocycles. The van der Waals surface area contributed by atoms with E-state index in [1.807, 2.05) is 30.3 Å². The van der Waals surface area contributed by atoms with Gasteiger partial charge in [-0.2, -0.15) is 0 Å². The topological polar surface area (TPSA) is 168 Å². The van der Waals surface area contributed by atoms with Crippen LogP contribution in [-0.4, -0.2) is 69.5 Å². The van der Waals surface area contributed by atoms with Gasteiger partial charge in [-0.3, -0.25) is 0 Å². The van der Waals surface area contributed by atoms with E-state index in [1.54, 1.807) is 54.8 Å². The fourth-order valence-corrected chi connectivity index (χ4v) is 6.90. The van der Waals surface area contributed by atoms with Gasteiger partial charge in [0.15, 0.2) is 0 Å². The van der Waals surface area contributed by atoms with E-state index in [0.717, 1.165) is 74.3 Å². The van der Waals surface area contributed by atoms with Crippen molar-refractivity contribution in [3.63, 3.8) is 0 Å². The highest BCUT2D eigenvalue weighted by Gasteiger charge is 2.12. The van der Waals surface area contributed by atoms with Gasteiger partial charge in [-0.15, -0.1) is 0 Å². The van der Waals surface area contributed by atoms with E-state index >= 15 is 0 Å².